The minimum Gasteiger partial charge on any atom is -0.460 e. The lowest BCUT2D eigenvalue weighted by atomic mass is 10.1. The Hall–Kier alpha value is -2.69. The summed E-state index contributed by atoms with van der Waals surface area (Å²) in [5.41, 5.74) is 1.98. The van der Waals surface area contributed by atoms with Crippen molar-refractivity contribution >= 4 is 17.7 Å². The first-order valence-electron chi connectivity index (χ1n) is 7.90. The van der Waals surface area contributed by atoms with Gasteiger partial charge in [0.1, 0.15) is 11.4 Å². The van der Waals surface area contributed by atoms with Gasteiger partial charge in [0.15, 0.2) is 0 Å². The first-order valence-corrected chi connectivity index (χ1v) is 7.90. The van der Waals surface area contributed by atoms with E-state index in [-0.39, 0.29) is 18.3 Å². The zero-order valence-corrected chi connectivity index (χ0v) is 14.1. The van der Waals surface area contributed by atoms with Gasteiger partial charge in [0.05, 0.1) is 13.0 Å². The maximum Gasteiger partial charge on any atom is 0.310 e. The molecule has 2 aromatic rings. The maximum atomic E-state index is 12.4. The molecular formula is C19H20N2O3. The van der Waals surface area contributed by atoms with Crippen molar-refractivity contribution < 1.29 is 14.3 Å². The van der Waals surface area contributed by atoms with Crippen molar-refractivity contribution in [2.75, 3.05) is 4.90 Å². The highest BCUT2D eigenvalue weighted by Gasteiger charge is 2.28. The number of anilines is 1. The van der Waals surface area contributed by atoms with E-state index in [4.69, 9.17) is 4.74 Å². The van der Waals surface area contributed by atoms with Crippen molar-refractivity contribution in [2.24, 2.45) is 0 Å². The van der Waals surface area contributed by atoms with Crippen LogP contribution in [0.3, 0.4) is 0 Å². The molecule has 0 unspecified atom stereocenters. The third-order valence-corrected chi connectivity index (χ3v) is 3.68. The molecule has 5 nitrogen and oxygen atoms in total. The smallest absolute Gasteiger partial charge is 0.310 e. The number of esters is 1. The van der Waals surface area contributed by atoms with Gasteiger partial charge in [-0.15, -0.1) is 0 Å². The molecule has 0 aliphatic carbocycles. The lowest BCUT2D eigenvalue weighted by Gasteiger charge is -2.19. The summed E-state index contributed by atoms with van der Waals surface area (Å²) in [6.45, 7) is 6.03. The number of hydrogen-bond donors (Lipinski definition) is 0. The van der Waals surface area contributed by atoms with Crippen molar-refractivity contribution in [3.05, 3.63) is 59.3 Å². The fraction of sp³-hybridized carbons (Fsp3) is 0.316. The molecule has 3 rings (SSSR count). The number of benzene rings is 1. The lowest BCUT2D eigenvalue weighted by molar-refractivity contribution is -0.153. The molecule has 1 aliphatic heterocycles. The molecule has 0 bridgehead atoms. The summed E-state index contributed by atoms with van der Waals surface area (Å²) in [4.78, 5) is 30.3. The fourth-order valence-corrected chi connectivity index (χ4v) is 2.66. The van der Waals surface area contributed by atoms with Crippen LogP contribution in [0.25, 0.3) is 0 Å². The van der Waals surface area contributed by atoms with Crippen LogP contribution < -0.4 is 4.90 Å². The second kappa shape index (κ2) is 6.07. The van der Waals surface area contributed by atoms with Crippen LogP contribution in [0.1, 0.15) is 42.3 Å². The number of amides is 1. The second-order valence-corrected chi connectivity index (χ2v) is 6.84. The monoisotopic (exact) mass is 324 g/mol. The van der Waals surface area contributed by atoms with E-state index in [2.05, 4.69) is 4.98 Å². The molecule has 2 heterocycles. The van der Waals surface area contributed by atoms with Crippen LogP contribution >= 0.6 is 0 Å². The van der Waals surface area contributed by atoms with Gasteiger partial charge in [-0.25, -0.2) is 4.98 Å². The van der Waals surface area contributed by atoms with Crippen LogP contribution in [-0.2, 0) is 22.5 Å². The van der Waals surface area contributed by atoms with Gasteiger partial charge in [-0.1, -0.05) is 24.3 Å². The quantitative estimate of drug-likeness (QED) is 0.814. The second-order valence-electron chi connectivity index (χ2n) is 6.84. The van der Waals surface area contributed by atoms with Crippen LogP contribution in [-0.4, -0.2) is 22.5 Å². The number of pyridine rings is 1. The number of nitrogens with zero attached hydrogens (tertiary/aromatic N) is 2. The van der Waals surface area contributed by atoms with Gasteiger partial charge in [0, 0.05) is 11.8 Å². The van der Waals surface area contributed by atoms with E-state index in [0.29, 0.717) is 12.4 Å². The van der Waals surface area contributed by atoms with Gasteiger partial charge < -0.3 is 4.74 Å². The van der Waals surface area contributed by atoms with Crippen molar-refractivity contribution in [1.82, 2.24) is 4.98 Å². The summed E-state index contributed by atoms with van der Waals surface area (Å²) in [7, 11) is 0. The summed E-state index contributed by atoms with van der Waals surface area (Å²) in [5.74, 6) is 0.254. The number of carbonyl (C=O) groups excluding carboxylic acids is 2. The van der Waals surface area contributed by atoms with Crippen molar-refractivity contribution in [3.8, 4) is 0 Å². The fourth-order valence-electron chi connectivity index (χ4n) is 2.66. The van der Waals surface area contributed by atoms with E-state index in [1.54, 1.807) is 17.2 Å². The third kappa shape index (κ3) is 3.45. The predicted octanol–water partition coefficient (Wildman–Crippen LogP) is 3.13. The Morgan fingerprint density at radius 1 is 1.21 bits per heavy atom. The van der Waals surface area contributed by atoms with E-state index in [0.717, 1.165) is 16.7 Å². The summed E-state index contributed by atoms with van der Waals surface area (Å²) < 4.78 is 5.30. The van der Waals surface area contributed by atoms with E-state index >= 15 is 0 Å². The standard InChI is InChI=1S/C19H20N2O3/c1-19(2,3)24-17(22)10-13-8-9-16(20-11-13)21-12-14-6-4-5-7-15(14)18(21)23/h4-9,11H,10,12H2,1-3H3. The van der Waals surface area contributed by atoms with Gasteiger partial charge in [0.2, 0.25) is 0 Å². The molecule has 5 heteroatoms. The largest absolute Gasteiger partial charge is 0.460 e. The van der Waals surface area contributed by atoms with Crippen LogP contribution in [0.2, 0.25) is 0 Å². The summed E-state index contributed by atoms with van der Waals surface area (Å²) in [6.07, 6.45) is 1.79. The Bertz CT molecular complexity index is 776. The molecule has 1 amide bonds. The number of aromatic nitrogens is 1. The Kier molecular flexibility index (Phi) is 4.09. The molecule has 0 radical (unpaired) electrons. The lowest BCUT2D eigenvalue weighted by Crippen LogP contribution is -2.25. The Balaban J connectivity index is 1.70. The van der Waals surface area contributed by atoms with E-state index in [1.807, 2.05) is 51.1 Å². The van der Waals surface area contributed by atoms with E-state index in [9.17, 15) is 9.59 Å². The predicted molar refractivity (Wildman–Crippen MR) is 90.7 cm³/mol. The normalized spacial score (nSPS) is 13.8. The molecule has 0 N–H and O–H groups in total. The summed E-state index contributed by atoms with van der Waals surface area (Å²) >= 11 is 0. The first kappa shape index (κ1) is 16.2. The zero-order chi connectivity index (χ0) is 17.3. The Morgan fingerprint density at radius 3 is 2.58 bits per heavy atom. The third-order valence-electron chi connectivity index (χ3n) is 3.68. The molecule has 1 aliphatic rings. The molecule has 0 spiro atoms. The topological polar surface area (TPSA) is 59.5 Å². The van der Waals surface area contributed by atoms with Crippen LogP contribution in [0.5, 0.6) is 0 Å². The molecule has 0 atom stereocenters. The average Bonchev–Trinajstić information content (AvgIpc) is 2.84. The summed E-state index contributed by atoms with van der Waals surface area (Å²) in [6, 6.07) is 11.1. The number of carbonyl (C=O) groups is 2. The van der Waals surface area contributed by atoms with Gasteiger partial charge >= 0.3 is 5.97 Å². The molecule has 0 saturated carbocycles. The zero-order valence-electron chi connectivity index (χ0n) is 14.1. The van der Waals surface area contributed by atoms with Crippen LogP contribution in [0.15, 0.2) is 42.6 Å². The number of hydrogen-bond acceptors (Lipinski definition) is 4. The molecular weight excluding hydrogens is 304 g/mol. The molecule has 24 heavy (non-hydrogen) atoms. The number of ether oxygens (including phenoxy) is 1. The number of fused-ring (bicyclic) bond motifs is 1. The highest BCUT2D eigenvalue weighted by Crippen LogP contribution is 2.26. The van der Waals surface area contributed by atoms with Gasteiger partial charge in [-0.05, 0) is 44.0 Å². The molecule has 0 saturated heterocycles. The van der Waals surface area contributed by atoms with Crippen LogP contribution in [0, 0.1) is 0 Å². The minimum absolute atomic E-state index is 0.0435. The van der Waals surface area contributed by atoms with Crippen molar-refractivity contribution in [3.63, 3.8) is 0 Å². The highest BCUT2D eigenvalue weighted by molar-refractivity contribution is 6.09. The number of rotatable bonds is 3. The van der Waals surface area contributed by atoms with Crippen LogP contribution in [0.4, 0.5) is 5.82 Å². The van der Waals surface area contributed by atoms with Crippen molar-refractivity contribution in [2.45, 2.75) is 39.3 Å². The summed E-state index contributed by atoms with van der Waals surface area (Å²) in [5, 5.41) is 0. The maximum absolute atomic E-state index is 12.4. The SMILES string of the molecule is CC(C)(C)OC(=O)Cc1ccc(N2Cc3ccccc3C2=O)nc1. The van der Waals surface area contributed by atoms with Gasteiger partial charge in [0.25, 0.3) is 5.91 Å². The van der Waals surface area contributed by atoms with Crippen molar-refractivity contribution in [1.29, 1.82) is 0 Å². The van der Waals surface area contributed by atoms with E-state index in [1.165, 1.54) is 0 Å². The van der Waals surface area contributed by atoms with E-state index < -0.39 is 5.60 Å². The molecule has 0 fully saturated rings. The van der Waals surface area contributed by atoms with Gasteiger partial charge in [-0.3, -0.25) is 14.5 Å². The molecule has 1 aromatic carbocycles. The first-order chi connectivity index (χ1) is 11.3. The highest BCUT2D eigenvalue weighted by atomic mass is 16.6. The Morgan fingerprint density at radius 2 is 1.96 bits per heavy atom. The molecule has 124 valence electrons. The van der Waals surface area contributed by atoms with Gasteiger partial charge in [-0.2, -0.15) is 0 Å². The molecule has 1 aromatic heterocycles. The Labute approximate surface area is 141 Å². The average molecular weight is 324 g/mol. The minimum atomic E-state index is -0.502.